The largest absolute Gasteiger partial charge is 0.493 e. The zero-order chi connectivity index (χ0) is 20.8. The van der Waals surface area contributed by atoms with E-state index in [1.165, 1.54) is 12.7 Å². The second-order valence-corrected chi connectivity index (χ2v) is 6.56. The Balaban J connectivity index is 1.81. The lowest BCUT2D eigenvalue weighted by atomic mass is 9.95. The number of urea groups is 1. The molecule has 0 fully saturated rings. The Bertz CT molecular complexity index is 924. The number of hydrogen-bond donors (Lipinski definition) is 2. The summed E-state index contributed by atoms with van der Waals surface area (Å²) in [6.07, 6.45) is 0.768. The molecule has 7 heteroatoms. The smallest absolute Gasteiger partial charge is 0.337 e. The molecule has 0 bridgehead atoms. The van der Waals surface area contributed by atoms with Crippen molar-refractivity contribution in [1.29, 1.82) is 0 Å². The van der Waals surface area contributed by atoms with Gasteiger partial charge in [-0.25, -0.2) is 9.59 Å². The monoisotopic (exact) mass is 396 g/mol. The number of allylic oxidation sites excluding steroid dienone is 1. The molecule has 2 amide bonds. The number of hydrogen-bond acceptors (Lipinski definition) is 5. The summed E-state index contributed by atoms with van der Waals surface area (Å²) in [5, 5.41) is 5.36. The van der Waals surface area contributed by atoms with E-state index in [9.17, 15) is 9.59 Å². The van der Waals surface area contributed by atoms with Crippen LogP contribution in [0.3, 0.4) is 0 Å². The van der Waals surface area contributed by atoms with Gasteiger partial charge in [-0.15, -0.1) is 0 Å². The number of methoxy groups -OCH3 is 2. The van der Waals surface area contributed by atoms with Crippen LogP contribution in [0.15, 0.2) is 59.8 Å². The molecular weight excluding hydrogens is 372 g/mol. The number of amides is 2. The van der Waals surface area contributed by atoms with Crippen LogP contribution in [0.4, 0.5) is 4.79 Å². The molecule has 1 aliphatic heterocycles. The van der Waals surface area contributed by atoms with Crippen molar-refractivity contribution in [3.63, 3.8) is 0 Å². The first-order valence-corrected chi connectivity index (χ1v) is 9.24. The number of carbonyl (C=O) groups is 2. The average Bonchev–Trinajstić information content (AvgIpc) is 2.73. The van der Waals surface area contributed by atoms with Gasteiger partial charge in [0.2, 0.25) is 0 Å². The summed E-state index contributed by atoms with van der Waals surface area (Å²) in [7, 11) is 2.85. The van der Waals surface area contributed by atoms with Gasteiger partial charge in [0.25, 0.3) is 0 Å². The topological polar surface area (TPSA) is 85.9 Å². The van der Waals surface area contributed by atoms with E-state index in [1.54, 1.807) is 32.2 Å². The molecular formula is C22H24N2O5. The maximum atomic E-state index is 12.2. The number of carbonyl (C=O) groups excluding carboxylic acids is 2. The van der Waals surface area contributed by atoms with Gasteiger partial charge in [0.05, 0.1) is 32.4 Å². The number of rotatable bonds is 7. The molecule has 0 saturated carbocycles. The van der Waals surface area contributed by atoms with E-state index in [0.717, 1.165) is 6.42 Å². The van der Waals surface area contributed by atoms with E-state index in [1.807, 2.05) is 30.3 Å². The van der Waals surface area contributed by atoms with Crippen LogP contribution in [0.2, 0.25) is 0 Å². The first kappa shape index (κ1) is 20.3. The van der Waals surface area contributed by atoms with Gasteiger partial charge in [-0.2, -0.15) is 0 Å². The van der Waals surface area contributed by atoms with Crippen LogP contribution >= 0.6 is 0 Å². The van der Waals surface area contributed by atoms with Gasteiger partial charge in [-0.3, -0.25) is 0 Å². The van der Waals surface area contributed by atoms with Crippen molar-refractivity contribution in [2.75, 3.05) is 20.8 Å². The maximum Gasteiger partial charge on any atom is 0.337 e. The van der Waals surface area contributed by atoms with E-state index in [0.29, 0.717) is 34.9 Å². The molecule has 3 rings (SSSR count). The Kier molecular flexibility index (Phi) is 6.39. The van der Waals surface area contributed by atoms with Gasteiger partial charge in [0.1, 0.15) is 0 Å². The number of ether oxygens (including phenoxy) is 3. The lowest BCUT2D eigenvalue weighted by Crippen LogP contribution is -2.45. The van der Waals surface area contributed by atoms with Crippen LogP contribution in [-0.2, 0) is 16.0 Å². The van der Waals surface area contributed by atoms with Crippen molar-refractivity contribution in [1.82, 2.24) is 10.6 Å². The third-order valence-corrected chi connectivity index (χ3v) is 4.69. The fraction of sp³-hybridized carbons (Fsp3) is 0.273. The minimum absolute atomic E-state index is 0.340. The van der Waals surface area contributed by atoms with Gasteiger partial charge in [-0.1, -0.05) is 36.4 Å². The van der Waals surface area contributed by atoms with Crippen molar-refractivity contribution in [2.45, 2.75) is 19.4 Å². The van der Waals surface area contributed by atoms with Crippen molar-refractivity contribution in [3.8, 4) is 11.5 Å². The molecule has 0 saturated heterocycles. The highest BCUT2D eigenvalue weighted by atomic mass is 16.5. The van der Waals surface area contributed by atoms with E-state index >= 15 is 0 Å². The van der Waals surface area contributed by atoms with Crippen LogP contribution in [0.25, 0.3) is 0 Å². The molecule has 7 nitrogen and oxygen atoms in total. The number of esters is 1. The van der Waals surface area contributed by atoms with Crippen LogP contribution in [0.5, 0.6) is 11.5 Å². The molecule has 1 unspecified atom stereocenters. The maximum absolute atomic E-state index is 12.2. The molecule has 152 valence electrons. The number of benzene rings is 2. The standard InChI is InChI=1S/C22H24N2O5/c1-14-19(21(25)28-3)20(24-22(26)23-14)16-9-10-17(18(13-16)27-2)29-12-11-15-7-5-4-6-8-15/h4-10,13,20H,11-12H2,1-3H3,(H2,23,24,26). The number of nitrogens with one attached hydrogen (secondary N) is 2. The van der Waals surface area contributed by atoms with Gasteiger partial charge in [0, 0.05) is 12.1 Å². The Morgan fingerprint density at radius 2 is 1.83 bits per heavy atom. The highest BCUT2D eigenvalue weighted by Gasteiger charge is 2.32. The van der Waals surface area contributed by atoms with Crippen molar-refractivity contribution in [2.24, 2.45) is 0 Å². The molecule has 2 N–H and O–H groups in total. The molecule has 2 aromatic rings. The first-order chi connectivity index (χ1) is 14.0. The molecule has 1 aliphatic rings. The third-order valence-electron chi connectivity index (χ3n) is 4.69. The highest BCUT2D eigenvalue weighted by molar-refractivity contribution is 5.95. The Labute approximate surface area is 169 Å². The molecule has 2 aromatic carbocycles. The zero-order valence-electron chi connectivity index (χ0n) is 16.7. The zero-order valence-corrected chi connectivity index (χ0v) is 16.7. The normalized spacial score (nSPS) is 16.0. The molecule has 29 heavy (non-hydrogen) atoms. The van der Waals surface area contributed by atoms with Gasteiger partial charge >= 0.3 is 12.0 Å². The predicted molar refractivity (Wildman–Crippen MR) is 108 cm³/mol. The van der Waals surface area contributed by atoms with Gasteiger partial charge < -0.3 is 24.8 Å². The molecule has 0 spiro atoms. The minimum atomic E-state index is -0.650. The van der Waals surface area contributed by atoms with Gasteiger partial charge in [-0.05, 0) is 30.2 Å². The Morgan fingerprint density at radius 1 is 1.07 bits per heavy atom. The summed E-state index contributed by atoms with van der Waals surface area (Å²) in [5.74, 6) is 0.597. The van der Waals surface area contributed by atoms with Crippen LogP contribution < -0.4 is 20.1 Å². The Hall–Kier alpha value is -3.48. The molecule has 0 radical (unpaired) electrons. The van der Waals surface area contributed by atoms with Crippen LogP contribution in [0, 0.1) is 0 Å². The lowest BCUT2D eigenvalue weighted by molar-refractivity contribution is -0.136. The fourth-order valence-corrected chi connectivity index (χ4v) is 3.23. The summed E-state index contributed by atoms with van der Waals surface area (Å²) < 4.78 is 16.2. The predicted octanol–water partition coefficient (Wildman–Crippen LogP) is 3.12. The van der Waals surface area contributed by atoms with E-state index in [2.05, 4.69) is 10.6 Å². The van der Waals surface area contributed by atoms with E-state index in [-0.39, 0.29) is 6.03 Å². The quantitative estimate of drug-likeness (QED) is 0.703. The SMILES string of the molecule is COC(=O)C1=C(C)NC(=O)NC1c1ccc(OCCc2ccccc2)c(OC)c1. The van der Waals surface area contributed by atoms with Crippen molar-refractivity contribution >= 4 is 12.0 Å². The van der Waals surface area contributed by atoms with Crippen molar-refractivity contribution in [3.05, 3.63) is 70.9 Å². The van der Waals surface area contributed by atoms with Crippen molar-refractivity contribution < 1.29 is 23.8 Å². The lowest BCUT2D eigenvalue weighted by Gasteiger charge is -2.28. The molecule has 0 aliphatic carbocycles. The van der Waals surface area contributed by atoms with Gasteiger partial charge in [0.15, 0.2) is 11.5 Å². The summed E-state index contributed by atoms with van der Waals surface area (Å²) in [4.78, 5) is 24.2. The molecule has 1 heterocycles. The fourth-order valence-electron chi connectivity index (χ4n) is 3.23. The van der Waals surface area contributed by atoms with Crippen LogP contribution in [-0.4, -0.2) is 32.8 Å². The van der Waals surface area contributed by atoms with E-state index < -0.39 is 12.0 Å². The second kappa shape index (κ2) is 9.14. The first-order valence-electron chi connectivity index (χ1n) is 9.24. The summed E-state index contributed by atoms with van der Waals surface area (Å²) in [6.45, 7) is 2.16. The Morgan fingerprint density at radius 3 is 2.52 bits per heavy atom. The van der Waals surface area contributed by atoms with Crippen LogP contribution in [0.1, 0.15) is 24.1 Å². The minimum Gasteiger partial charge on any atom is -0.493 e. The molecule has 1 atom stereocenters. The third kappa shape index (κ3) is 4.68. The van der Waals surface area contributed by atoms with E-state index in [4.69, 9.17) is 14.2 Å². The summed E-state index contributed by atoms with van der Waals surface area (Å²) in [6, 6.07) is 14.3. The summed E-state index contributed by atoms with van der Waals surface area (Å²) in [5.41, 5.74) is 2.66. The highest BCUT2D eigenvalue weighted by Crippen LogP contribution is 2.34. The molecule has 0 aromatic heterocycles. The average molecular weight is 396 g/mol. The summed E-state index contributed by atoms with van der Waals surface area (Å²) >= 11 is 0. The second-order valence-electron chi connectivity index (χ2n) is 6.56.